The molecule has 2 aromatic carbocycles. The van der Waals surface area contributed by atoms with Gasteiger partial charge in [0.15, 0.2) is 0 Å². The number of nitrogens with one attached hydrogen (secondary N) is 1. The zero-order valence-electron chi connectivity index (χ0n) is 12.9. The lowest BCUT2D eigenvalue weighted by Crippen LogP contribution is -2.79. The van der Waals surface area contributed by atoms with E-state index in [1.165, 1.54) is 10.9 Å². The molecule has 104 valence electrons. The molecule has 0 radical (unpaired) electrons. The molecule has 3 rings (SSSR count). The van der Waals surface area contributed by atoms with Gasteiger partial charge < -0.3 is 14.6 Å². The van der Waals surface area contributed by atoms with E-state index in [1.54, 1.807) is 0 Å². The Kier molecular flexibility index (Phi) is 4.20. The standard InChI is InChI=1S/C15H20B3N3/c1-16-19-17(14-10-6-4-7-11-14)21(3)18(20(16)2)15-12-8-5-9-13-15/h4-13,19H,1-3H3. The second-order valence-corrected chi connectivity index (χ2v) is 5.77. The zero-order chi connectivity index (χ0) is 14.8. The predicted molar refractivity (Wildman–Crippen MR) is 93.9 cm³/mol. The molecule has 6 heteroatoms. The van der Waals surface area contributed by atoms with Gasteiger partial charge in [0.25, 0.3) is 6.98 Å². The van der Waals surface area contributed by atoms with Crippen molar-refractivity contribution in [1.82, 2.24) is 14.6 Å². The fourth-order valence-corrected chi connectivity index (χ4v) is 3.17. The summed E-state index contributed by atoms with van der Waals surface area (Å²) in [6.45, 7) is 3.03. The molecule has 0 aliphatic carbocycles. The molecule has 3 nitrogen and oxygen atoms in total. The van der Waals surface area contributed by atoms with Gasteiger partial charge in [-0.1, -0.05) is 67.5 Å². The Hall–Kier alpha value is -1.49. The van der Waals surface area contributed by atoms with Gasteiger partial charge in [-0.25, -0.2) is 0 Å². The lowest BCUT2D eigenvalue weighted by molar-refractivity contribution is 0.648. The minimum atomic E-state index is 0.225. The van der Waals surface area contributed by atoms with Crippen molar-refractivity contribution in [2.45, 2.75) is 6.82 Å². The Balaban J connectivity index is 1.96. The topological polar surface area (TPSA) is 18.5 Å². The lowest BCUT2D eigenvalue weighted by atomic mass is 9.42. The average Bonchev–Trinajstić information content (AvgIpc) is 2.53. The van der Waals surface area contributed by atoms with Gasteiger partial charge in [0.05, 0.1) is 0 Å². The van der Waals surface area contributed by atoms with E-state index in [0.717, 1.165) is 0 Å². The Morgan fingerprint density at radius 2 is 1.29 bits per heavy atom. The third-order valence-corrected chi connectivity index (χ3v) is 4.40. The Morgan fingerprint density at radius 3 is 1.86 bits per heavy atom. The van der Waals surface area contributed by atoms with Crippen LogP contribution in [-0.4, -0.2) is 44.5 Å². The summed E-state index contributed by atoms with van der Waals surface area (Å²) in [5.74, 6) is 0. The van der Waals surface area contributed by atoms with Gasteiger partial charge in [-0.3, -0.25) is 0 Å². The first-order valence-corrected chi connectivity index (χ1v) is 7.48. The average molecular weight is 275 g/mol. The van der Waals surface area contributed by atoms with Crippen LogP contribution in [0.1, 0.15) is 0 Å². The quantitative estimate of drug-likeness (QED) is 0.798. The van der Waals surface area contributed by atoms with E-state index >= 15 is 0 Å². The predicted octanol–water partition coefficient (Wildman–Crippen LogP) is 0.362. The molecule has 0 spiro atoms. The molecule has 1 aliphatic rings. The number of hydrogen-bond donors (Lipinski definition) is 1. The van der Waals surface area contributed by atoms with Crippen LogP contribution < -0.4 is 16.1 Å². The third-order valence-electron chi connectivity index (χ3n) is 4.40. The minimum absolute atomic E-state index is 0.225. The van der Waals surface area contributed by atoms with Crippen molar-refractivity contribution in [3.63, 3.8) is 0 Å². The number of benzene rings is 2. The highest BCUT2D eigenvalue weighted by Crippen LogP contribution is 2.08. The van der Waals surface area contributed by atoms with Crippen LogP contribution in [-0.2, 0) is 0 Å². The molecule has 0 bridgehead atoms. The summed E-state index contributed by atoms with van der Waals surface area (Å²) in [6.07, 6.45) is 0. The summed E-state index contributed by atoms with van der Waals surface area (Å²) >= 11 is 0. The van der Waals surface area contributed by atoms with Crippen LogP contribution in [0.4, 0.5) is 0 Å². The van der Waals surface area contributed by atoms with E-state index in [4.69, 9.17) is 0 Å². The summed E-state index contributed by atoms with van der Waals surface area (Å²) < 4.78 is 4.76. The van der Waals surface area contributed by atoms with Gasteiger partial charge in [-0.15, -0.1) is 0 Å². The monoisotopic (exact) mass is 275 g/mol. The van der Waals surface area contributed by atoms with Crippen LogP contribution in [0.25, 0.3) is 0 Å². The molecule has 2 aromatic rings. The van der Waals surface area contributed by atoms with Crippen molar-refractivity contribution in [1.29, 1.82) is 0 Å². The van der Waals surface area contributed by atoms with Crippen LogP contribution in [0.15, 0.2) is 60.7 Å². The lowest BCUT2D eigenvalue weighted by Gasteiger charge is -2.45. The van der Waals surface area contributed by atoms with Crippen LogP contribution in [0.2, 0.25) is 6.82 Å². The molecule has 0 unspecified atom stereocenters. The van der Waals surface area contributed by atoms with Gasteiger partial charge in [0.1, 0.15) is 0 Å². The molecule has 0 aromatic heterocycles. The van der Waals surface area contributed by atoms with E-state index in [1.807, 2.05) is 0 Å². The molecule has 1 saturated heterocycles. The first-order chi connectivity index (χ1) is 10.2. The maximum atomic E-state index is 3.68. The number of hydrogen-bond acceptors (Lipinski definition) is 3. The van der Waals surface area contributed by atoms with Gasteiger partial charge in [-0.2, -0.15) is 0 Å². The van der Waals surface area contributed by atoms with Crippen LogP contribution in [0, 0.1) is 0 Å². The van der Waals surface area contributed by atoms with Crippen molar-refractivity contribution < 1.29 is 0 Å². The fourth-order valence-electron chi connectivity index (χ4n) is 3.17. The molecular formula is C15H20B3N3. The Labute approximate surface area is 128 Å². The van der Waals surface area contributed by atoms with E-state index < -0.39 is 0 Å². The van der Waals surface area contributed by atoms with E-state index in [2.05, 4.69) is 96.2 Å². The van der Waals surface area contributed by atoms with Crippen LogP contribution in [0.3, 0.4) is 0 Å². The molecule has 21 heavy (non-hydrogen) atoms. The normalized spacial score (nSPS) is 17.4. The van der Waals surface area contributed by atoms with Crippen LogP contribution in [0.5, 0.6) is 0 Å². The number of nitrogens with zero attached hydrogens (tertiary/aromatic N) is 2. The van der Waals surface area contributed by atoms with Crippen LogP contribution >= 0.6 is 0 Å². The zero-order valence-corrected chi connectivity index (χ0v) is 12.9. The Bertz CT molecular complexity index is 581. The molecule has 1 N–H and O–H groups in total. The van der Waals surface area contributed by atoms with Gasteiger partial charge in [0.2, 0.25) is 0 Å². The molecule has 1 heterocycles. The van der Waals surface area contributed by atoms with Crippen molar-refractivity contribution in [3.05, 3.63) is 60.7 Å². The van der Waals surface area contributed by atoms with E-state index in [9.17, 15) is 0 Å². The molecule has 1 aliphatic heterocycles. The highest BCUT2D eigenvalue weighted by atomic mass is 15.2. The van der Waals surface area contributed by atoms with Crippen molar-refractivity contribution in [3.8, 4) is 0 Å². The first kappa shape index (κ1) is 14.5. The Morgan fingerprint density at radius 1 is 0.762 bits per heavy atom. The maximum absolute atomic E-state index is 3.68. The van der Waals surface area contributed by atoms with E-state index in [0.29, 0.717) is 6.98 Å². The molecule has 0 saturated carbocycles. The van der Waals surface area contributed by atoms with Gasteiger partial charge in [0, 0.05) is 0 Å². The maximum Gasteiger partial charge on any atom is 0.325 e. The first-order valence-electron chi connectivity index (χ1n) is 7.48. The van der Waals surface area contributed by atoms with Gasteiger partial charge in [-0.05, 0) is 25.0 Å². The summed E-state index contributed by atoms with van der Waals surface area (Å²) in [6, 6.07) is 21.4. The summed E-state index contributed by atoms with van der Waals surface area (Å²) in [4.78, 5) is 0. The van der Waals surface area contributed by atoms with Crippen molar-refractivity contribution in [2.24, 2.45) is 0 Å². The molecular weight excluding hydrogens is 255 g/mol. The fraction of sp³-hybridized carbons (Fsp3) is 0.200. The molecule has 0 amide bonds. The summed E-state index contributed by atoms with van der Waals surface area (Å²) in [5, 5.41) is 3.68. The highest BCUT2D eigenvalue weighted by molar-refractivity contribution is 6.94. The van der Waals surface area contributed by atoms with Crippen molar-refractivity contribution in [2.75, 3.05) is 14.1 Å². The largest absolute Gasteiger partial charge is 0.367 e. The highest BCUT2D eigenvalue weighted by Gasteiger charge is 2.43. The molecule has 0 atom stereocenters. The SMILES string of the molecule is CB1NB(c2ccccc2)N(C)B(c2ccccc2)N1C. The van der Waals surface area contributed by atoms with Crippen molar-refractivity contribution >= 4 is 31.9 Å². The second-order valence-electron chi connectivity index (χ2n) is 5.77. The molecule has 1 fully saturated rings. The smallest absolute Gasteiger partial charge is 0.325 e. The summed E-state index contributed by atoms with van der Waals surface area (Å²) in [5.41, 5.74) is 2.64. The minimum Gasteiger partial charge on any atom is -0.367 e. The second kappa shape index (κ2) is 6.10. The van der Waals surface area contributed by atoms with E-state index in [-0.39, 0.29) is 14.0 Å². The van der Waals surface area contributed by atoms with Gasteiger partial charge >= 0.3 is 14.0 Å². The number of rotatable bonds is 2. The third kappa shape index (κ3) is 2.79. The summed E-state index contributed by atoms with van der Waals surface area (Å²) in [7, 11) is 4.36.